The van der Waals surface area contributed by atoms with Gasteiger partial charge in [0.15, 0.2) is 0 Å². The molecule has 0 saturated carbocycles. The maximum absolute atomic E-state index is 13.6. The van der Waals surface area contributed by atoms with Gasteiger partial charge in [-0.2, -0.15) is 13.2 Å². The molecule has 3 nitrogen and oxygen atoms in total. The lowest BCUT2D eigenvalue weighted by molar-refractivity contribution is -0.138. The lowest BCUT2D eigenvalue weighted by Gasteiger charge is -2.24. The molecule has 1 aliphatic heterocycles. The molecule has 1 saturated heterocycles. The number of halogens is 4. The van der Waals surface area contributed by atoms with Gasteiger partial charge in [0.05, 0.1) is 5.56 Å². The van der Waals surface area contributed by atoms with Crippen LogP contribution in [0.1, 0.15) is 43.4 Å². The Labute approximate surface area is 120 Å². The van der Waals surface area contributed by atoms with Gasteiger partial charge in [0, 0.05) is 18.5 Å². The van der Waals surface area contributed by atoms with E-state index in [9.17, 15) is 17.6 Å². The maximum atomic E-state index is 13.6. The van der Waals surface area contributed by atoms with Crippen LogP contribution in [-0.4, -0.2) is 17.6 Å². The highest BCUT2D eigenvalue weighted by atomic mass is 19.4. The molecule has 118 valence electrons. The van der Waals surface area contributed by atoms with Crippen molar-refractivity contribution in [1.82, 2.24) is 5.32 Å². The average Bonchev–Trinajstić information content (AvgIpc) is 2.38. The molecule has 7 heteroatoms. The van der Waals surface area contributed by atoms with Crippen LogP contribution in [0.15, 0.2) is 18.2 Å². The molecule has 2 rings (SSSR count). The molecule has 21 heavy (non-hydrogen) atoms. The van der Waals surface area contributed by atoms with E-state index in [0.29, 0.717) is 11.6 Å². The molecule has 1 atom stereocenters. The SMILES string of the molecule is CC(=O)O.Fc1cc(C(F)(F)F)ccc1C1CCCCN1. The van der Waals surface area contributed by atoms with Gasteiger partial charge in [-0.15, -0.1) is 0 Å². The molecule has 0 radical (unpaired) electrons. The van der Waals surface area contributed by atoms with Crippen LogP contribution in [0.4, 0.5) is 17.6 Å². The summed E-state index contributed by atoms with van der Waals surface area (Å²) >= 11 is 0. The van der Waals surface area contributed by atoms with Gasteiger partial charge in [-0.05, 0) is 31.5 Å². The van der Waals surface area contributed by atoms with Crippen molar-refractivity contribution in [1.29, 1.82) is 0 Å². The van der Waals surface area contributed by atoms with Crippen molar-refractivity contribution >= 4 is 5.97 Å². The second-order valence-corrected chi connectivity index (χ2v) is 4.76. The second kappa shape index (κ2) is 7.40. The molecule has 2 N–H and O–H groups in total. The van der Waals surface area contributed by atoms with Gasteiger partial charge < -0.3 is 10.4 Å². The lowest BCUT2D eigenvalue weighted by Crippen LogP contribution is -2.27. The number of alkyl halides is 3. The Morgan fingerprint density at radius 2 is 1.95 bits per heavy atom. The summed E-state index contributed by atoms with van der Waals surface area (Å²) in [5, 5.41) is 10.5. The predicted molar refractivity (Wildman–Crippen MR) is 69.3 cm³/mol. The molecule has 1 unspecified atom stereocenters. The Morgan fingerprint density at radius 3 is 2.38 bits per heavy atom. The van der Waals surface area contributed by atoms with E-state index in [1.807, 2.05) is 0 Å². The van der Waals surface area contributed by atoms with Crippen LogP contribution in [0.2, 0.25) is 0 Å². The Morgan fingerprint density at radius 1 is 1.33 bits per heavy atom. The quantitative estimate of drug-likeness (QED) is 0.777. The Balaban J connectivity index is 0.000000491. The summed E-state index contributed by atoms with van der Waals surface area (Å²) in [6, 6.07) is 2.59. The number of carbonyl (C=O) groups is 1. The number of benzene rings is 1. The molecule has 1 heterocycles. The van der Waals surface area contributed by atoms with Gasteiger partial charge in [-0.3, -0.25) is 4.79 Å². The molecular formula is C14H17F4NO2. The minimum absolute atomic E-state index is 0.161. The largest absolute Gasteiger partial charge is 0.481 e. The van der Waals surface area contributed by atoms with Gasteiger partial charge in [0.25, 0.3) is 5.97 Å². The predicted octanol–water partition coefficient (Wildman–Crippen LogP) is 3.75. The first-order chi connectivity index (χ1) is 9.71. The normalized spacial score (nSPS) is 18.6. The van der Waals surface area contributed by atoms with Crippen molar-refractivity contribution in [3.8, 4) is 0 Å². The zero-order valence-corrected chi connectivity index (χ0v) is 11.5. The Hall–Kier alpha value is -1.63. The third-order valence-corrected chi connectivity index (χ3v) is 3.01. The Bertz CT molecular complexity index is 478. The number of carboxylic acids is 1. The lowest BCUT2D eigenvalue weighted by atomic mass is 9.96. The van der Waals surface area contributed by atoms with Crippen molar-refractivity contribution in [3.05, 3.63) is 35.1 Å². The Kier molecular flexibility index (Phi) is 6.14. The summed E-state index contributed by atoms with van der Waals surface area (Å²) < 4.78 is 50.7. The first-order valence-corrected chi connectivity index (χ1v) is 6.51. The molecule has 0 aromatic heterocycles. The van der Waals surface area contributed by atoms with Gasteiger partial charge in [0.1, 0.15) is 5.82 Å². The van der Waals surface area contributed by atoms with Crippen LogP contribution in [0.25, 0.3) is 0 Å². The van der Waals surface area contributed by atoms with Crippen molar-refractivity contribution in [2.45, 2.75) is 38.4 Å². The first kappa shape index (κ1) is 17.4. The zero-order chi connectivity index (χ0) is 16.0. The molecule has 0 bridgehead atoms. The minimum atomic E-state index is -4.49. The number of piperidine rings is 1. The summed E-state index contributed by atoms with van der Waals surface area (Å²) in [5.41, 5.74) is -0.604. The topological polar surface area (TPSA) is 49.3 Å². The van der Waals surface area contributed by atoms with Crippen LogP contribution in [0, 0.1) is 5.82 Å². The van der Waals surface area contributed by atoms with E-state index in [4.69, 9.17) is 9.90 Å². The number of nitrogens with one attached hydrogen (secondary N) is 1. The van der Waals surface area contributed by atoms with E-state index in [1.165, 1.54) is 6.07 Å². The first-order valence-electron chi connectivity index (χ1n) is 6.51. The molecule has 1 aliphatic rings. The zero-order valence-electron chi connectivity index (χ0n) is 11.5. The van der Waals surface area contributed by atoms with Gasteiger partial charge in [-0.25, -0.2) is 4.39 Å². The highest BCUT2D eigenvalue weighted by Crippen LogP contribution is 2.32. The number of rotatable bonds is 1. The molecular weight excluding hydrogens is 290 g/mol. The molecule has 0 aliphatic carbocycles. The monoisotopic (exact) mass is 307 g/mol. The van der Waals surface area contributed by atoms with E-state index in [0.717, 1.165) is 38.8 Å². The van der Waals surface area contributed by atoms with Crippen LogP contribution >= 0.6 is 0 Å². The summed E-state index contributed by atoms with van der Waals surface area (Å²) in [6.45, 7) is 1.87. The van der Waals surface area contributed by atoms with E-state index < -0.39 is 23.5 Å². The molecule has 1 aromatic rings. The van der Waals surface area contributed by atoms with Crippen LogP contribution < -0.4 is 5.32 Å². The standard InChI is InChI=1S/C12H13F4N.C2H4O2/c13-10-7-8(12(14,15)16)4-5-9(10)11-3-1-2-6-17-11;1-2(3)4/h4-5,7,11,17H,1-3,6H2;1H3,(H,3,4). The fraction of sp³-hybridized carbons (Fsp3) is 0.500. The minimum Gasteiger partial charge on any atom is -0.481 e. The summed E-state index contributed by atoms with van der Waals surface area (Å²) in [4.78, 5) is 9.00. The molecule has 1 fully saturated rings. The van der Waals surface area contributed by atoms with Crippen LogP contribution in [0.3, 0.4) is 0 Å². The third kappa shape index (κ3) is 5.71. The summed E-state index contributed by atoms with van der Waals surface area (Å²) in [6.07, 6.45) is -1.72. The number of hydrogen-bond donors (Lipinski definition) is 2. The van der Waals surface area contributed by atoms with Gasteiger partial charge in [0.2, 0.25) is 0 Å². The van der Waals surface area contributed by atoms with Crippen molar-refractivity contribution in [2.75, 3.05) is 6.54 Å². The summed E-state index contributed by atoms with van der Waals surface area (Å²) in [5.74, 6) is -1.61. The molecule has 1 aromatic carbocycles. The number of aliphatic carboxylic acids is 1. The van der Waals surface area contributed by atoms with Gasteiger partial charge >= 0.3 is 6.18 Å². The number of carboxylic acid groups (broad SMARTS) is 1. The van der Waals surface area contributed by atoms with Crippen LogP contribution in [-0.2, 0) is 11.0 Å². The van der Waals surface area contributed by atoms with E-state index in [-0.39, 0.29) is 6.04 Å². The highest BCUT2D eigenvalue weighted by molar-refractivity contribution is 5.62. The van der Waals surface area contributed by atoms with E-state index in [2.05, 4.69) is 5.32 Å². The summed E-state index contributed by atoms with van der Waals surface area (Å²) in [7, 11) is 0. The third-order valence-electron chi connectivity index (χ3n) is 3.01. The smallest absolute Gasteiger partial charge is 0.416 e. The van der Waals surface area contributed by atoms with Crippen molar-refractivity contribution in [3.63, 3.8) is 0 Å². The number of hydrogen-bond acceptors (Lipinski definition) is 2. The van der Waals surface area contributed by atoms with E-state index in [1.54, 1.807) is 0 Å². The van der Waals surface area contributed by atoms with Crippen LogP contribution in [0.5, 0.6) is 0 Å². The van der Waals surface area contributed by atoms with Gasteiger partial charge in [-0.1, -0.05) is 12.5 Å². The second-order valence-electron chi connectivity index (χ2n) is 4.76. The van der Waals surface area contributed by atoms with E-state index >= 15 is 0 Å². The molecule has 0 amide bonds. The average molecular weight is 307 g/mol. The van der Waals surface area contributed by atoms with Crippen molar-refractivity contribution in [2.24, 2.45) is 0 Å². The maximum Gasteiger partial charge on any atom is 0.416 e. The highest BCUT2D eigenvalue weighted by Gasteiger charge is 2.31. The fourth-order valence-electron chi connectivity index (χ4n) is 2.10. The fourth-order valence-corrected chi connectivity index (χ4v) is 2.10. The van der Waals surface area contributed by atoms with Crippen molar-refractivity contribution < 1.29 is 27.5 Å². The molecule has 0 spiro atoms.